The Morgan fingerprint density at radius 1 is 1.13 bits per heavy atom. The number of benzene rings is 2. The Kier molecular flexibility index (Phi) is 4.14. The predicted molar refractivity (Wildman–Crippen MR) is 83.6 cm³/mol. The molecule has 1 aromatic heterocycles. The fourth-order valence-electron chi connectivity index (χ4n) is 2.16. The first-order valence-corrected chi connectivity index (χ1v) is 7.17. The van der Waals surface area contributed by atoms with E-state index in [1.54, 1.807) is 12.1 Å². The van der Waals surface area contributed by atoms with Gasteiger partial charge in [-0.2, -0.15) is 9.90 Å². The lowest BCUT2D eigenvalue weighted by Gasteiger charge is -2.13. The normalized spacial score (nSPS) is 11.9. The summed E-state index contributed by atoms with van der Waals surface area (Å²) in [6.07, 6.45) is 1.42. The Labute approximate surface area is 132 Å². The van der Waals surface area contributed by atoms with Gasteiger partial charge in [-0.25, -0.2) is 4.39 Å². The molecule has 5 nitrogen and oxygen atoms in total. The van der Waals surface area contributed by atoms with Gasteiger partial charge in [-0.05, 0) is 36.8 Å². The molecule has 6 heteroatoms. The van der Waals surface area contributed by atoms with Crippen LogP contribution >= 0.6 is 0 Å². The highest BCUT2D eigenvalue weighted by molar-refractivity contribution is 5.92. The zero-order valence-electron chi connectivity index (χ0n) is 12.5. The molecule has 3 rings (SSSR count). The third-order valence-corrected chi connectivity index (χ3v) is 3.43. The summed E-state index contributed by atoms with van der Waals surface area (Å²) >= 11 is 0. The van der Waals surface area contributed by atoms with E-state index in [9.17, 15) is 9.18 Å². The molecule has 1 amide bonds. The van der Waals surface area contributed by atoms with Crippen LogP contribution in [-0.2, 0) is 0 Å². The number of carbonyl (C=O) groups excluding carboxylic acids is 1. The van der Waals surface area contributed by atoms with Gasteiger partial charge in [0, 0.05) is 0 Å². The number of nitrogens with zero attached hydrogens (tertiary/aromatic N) is 3. The lowest BCUT2D eigenvalue weighted by atomic mass is 10.1. The maximum absolute atomic E-state index is 12.9. The number of hydrogen-bond acceptors (Lipinski definition) is 3. The van der Waals surface area contributed by atoms with Crippen LogP contribution in [0.15, 0.2) is 60.8 Å². The first-order chi connectivity index (χ1) is 11.1. The smallest absolute Gasteiger partial charge is 0.273 e. The van der Waals surface area contributed by atoms with Crippen LogP contribution in [0.5, 0.6) is 0 Å². The third-order valence-electron chi connectivity index (χ3n) is 3.43. The summed E-state index contributed by atoms with van der Waals surface area (Å²) < 4.78 is 12.9. The molecule has 0 aliphatic rings. The first-order valence-electron chi connectivity index (χ1n) is 7.17. The van der Waals surface area contributed by atoms with Gasteiger partial charge in [0.25, 0.3) is 5.91 Å². The van der Waals surface area contributed by atoms with Crippen molar-refractivity contribution in [1.82, 2.24) is 20.3 Å². The fraction of sp³-hybridized carbons (Fsp3) is 0.118. The number of halogens is 1. The monoisotopic (exact) mass is 310 g/mol. The van der Waals surface area contributed by atoms with Gasteiger partial charge in [-0.1, -0.05) is 30.3 Å². The molecule has 1 heterocycles. The summed E-state index contributed by atoms with van der Waals surface area (Å²) in [5.74, 6) is -0.637. The largest absolute Gasteiger partial charge is 0.344 e. The molecule has 0 saturated heterocycles. The first kappa shape index (κ1) is 14.9. The maximum atomic E-state index is 12.9. The average Bonchev–Trinajstić information content (AvgIpc) is 3.06. The molecule has 0 aliphatic heterocycles. The van der Waals surface area contributed by atoms with Crippen LogP contribution in [0.25, 0.3) is 5.69 Å². The summed E-state index contributed by atoms with van der Waals surface area (Å²) in [4.78, 5) is 13.6. The minimum atomic E-state index is -0.330. The number of aromatic nitrogens is 3. The van der Waals surface area contributed by atoms with Crippen LogP contribution in [0.2, 0.25) is 0 Å². The highest BCUT2D eigenvalue weighted by Crippen LogP contribution is 2.13. The number of nitrogens with one attached hydrogen (secondary N) is 1. The van der Waals surface area contributed by atoms with E-state index in [0.717, 1.165) is 11.3 Å². The Bertz CT molecular complexity index is 799. The molecule has 0 unspecified atom stereocenters. The Morgan fingerprint density at radius 2 is 1.83 bits per heavy atom. The van der Waals surface area contributed by atoms with Crippen molar-refractivity contribution in [2.45, 2.75) is 13.0 Å². The van der Waals surface area contributed by atoms with Crippen molar-refractivity contribution < 1.29 is 9.18 Å². The molecular weight excluding hydrogens is 295 g/mol. The maximum Gasteiger partial charge on any atom is 0.273 e. The second-order valence-corrected chi connectivity index (χ2v) is 5.10. The van der Waals surface area contributed by atoms with Crippen molar-refractivity contribution in [1.29, 1.82) is 0 Å². The van der Waals surface area contributed by atoms with Gasteiger partial charge in [-0.3, -0.25) is 4.79 Å². The highest BCUT2D eigenvalue weighted by atomic mass is 19.1. The highest BCUT2D eigenvalue weighted by Gasteiger charge is 2.15. The number of para-hydroxylation sites is 1. The molecule has 1 N–H and O–H groups in total. The van der Waals surface area contributed by atoms with Gasteiger partial charge in [0.15, 0.2) is 5.69 Å². The molecule has 0 radical (unpaired) electrons. The molecular formula is C17H15FN4O. The van der Waals surface area contributed by atoms with E-state index < -0.39 is 0 Å². The van der Waals surface area contributed by atoms with Crippen LogP contribution in [0, 0.1) is 5.82 Å². The van der Waals surface area contributed by atoms with Gasteiger partial charge < -0.3 is 5.32 Å². The third kappa shape index (κ3) is 3.42. The number of carbonyl (C=O) groups is 1. The molecule has 0 fully saturated rings. The van der Waals surface area contributed by atoms with Crippen molar-refractivity contribution >= 4 is 5.91 Å². The molecule has 0 spiro atoms. The quantitative estimate of drug-likeness (QED) is 0.806. The molecule has 1 atom stereocenters. The van der Waals surface area contributed by atoms with E-state index in [1.165, 1.54) is 23.1 Å². The van der Waals surface area contributed by atoms with Gasteiger partial charge in [0.05, 0.1) is 17.9 Å². The van der Waals surface area contributed by atoms with Crippen LogP contribution in [0.3, 0.4) is 0 Å². The van der Waals surface area contributed by atoms with Crippen LogP contribution in [-0.4, -0.2) is 20.9 Å². The summed E-state index contributed by atoms with van der Waals surface area (Å²) in [6, 6.07) is 15.1. The van der Waals surface area contributed by atoms with E-state index >= 15 is 0 Å². The Hall–Kier alpha value is -3.02. The summed E-state index contributed by atoms with van der Waals surface area (Å²) in [5.41, 5.74) is 1.82. The number of amides is 1. The molecule has 3 aromatic rings. The number of hydrogen-bond donors (Lipinski definition) is 1. The topological polar surface area (TPSA) is 59.8 Å². The van der Waals surface area contributed by atoms with E-state index in [-0.39, 0.29) is 23.5 Å². The second kappa shape index (κ2) is 6.39. The Balaban J connectivity index is 1.71. The molecule has 0 saturated carbocycles. The van der Waals surface area contributed by atoms with E-state index in [1.807, 2.05) is 37.3 Å². The zero-order valence-corrected chi connectivity index (χ0v) is 12.5. The Morgan fingerprint density at radius 3 is 2.52 bits per heavy atom. The van der Waals surface area contributed by atoms with Crippen LogP contribution < -0.4 is 5.32 Å². The molecule has 23 heavy (non-hydrogen) atoms. The van der Waals surface area contributed by atoms with Crippen LogP contribution in [0.4, 0.5) is 4.39 Å². The minimum absolute atomic E-state index is 0.225. The van der Waals surface area contributed by atoms with E-state index in [0.29, 0.717) is 0 Å². The van der Waals surface area contributed by atoms with E-state index in [2.05, 4.69) is 15.5 Å². The van der Waals surface area contributed by atoms with Crippen molar-refractivity contribution in [3.05, 3.63) is 77.9 Å². The van der Waals surface area contributed by atoms with Gasteiger partial charge >= 0.3 is 0 Å². The zero-order chi connectivity index (χ0) is 16.2. The molecule has 116 valence electrons. The minimum Gasteiger partial charge on any atom is -0.344 e. The summed E-state index contributed by atoms with van der Waals surface area (Å²) in [6.45, 7) is 1.83. The van der Waals surface area contributed by atoms with Crippen molar-refractivity contribution in [2.75, 3.05) is 0 Å². The second-order valence-electron chi connectivity index (χ2n) is 5.10. The lowest BCUT2D eigenvalue weighted by Crippen LogP contribution is -2.27. The molecule has 0 bridgehead atoms. The van der Waals surface area contributed by atoms with Gasteiger partial charge in [-0.15, -0.1) is 5.10 Å². The lowest BCUT2D eigenvalue weighted by molar-refractivity contribution is 0.0934. The van der Waals surface area contributed by atoms with Crippen molar-refractivity contribution in [2.24, 2.45) is 0 Å². The summed E-state index contributed by atoms with van der Waals surface area (Å²) in [7, 11) is 0. The van der Waals surface area contributed by atoms with Gasteiger partial charge in [0.2, 0.25) is 0 Å². The van der Waals surface area contributed by atoms with Gasteiger partial charge in [0.1, 0.15) is 5.82 Å². The molecule has 0 aliphatic carbocycles. The SMILES string of the molecule is C[C@@H](NC(=O)c1cnn(-c2ccccc2)n1)c1ccc(F)cc1. The van der Waals surface area contributed by atoms with Crippen LogP contribution in [0.1, 0.15) is 29.0 Å². The number of rotatable bonds is 4. The predicted octanol–water partition coefficient (Wildman–Crippen LogP) is 2.90. The fourth-order valence-corrected chi connectivity index (χ4v) is 2.16. The standard InChI is InChI=1S/C17H15FN4O/c1-12(13-7-9-14(18)10-8-13)20-17(23)16-11-19-22(21-16)15-5-3-2-4-6-15/h2-12H,1H3,(H,20,23)/t12-/m1/s1. The molecule has 2 aromatic carbocycles. The summed E-state index contributed by atoms with van der Waals surface area (Å²) in [5, 5.41) is 11.1. The van der Waals surface area contributed by atoms with Crippen molar-refractivity contribution in [3.8, 4) is 5.69 Å². The van der Waals surface area contributed by atoms with E-state index in [4.69, 9.17) is 0 Å². The average molecular weight is 310 g/mol. The van der Waals surface area contributed by atoms with Crippen molar-refractivity contribution in [3.63, 3.8) is 0 Å².